The van der Waals surface area contributed by atoms with E-state index in [0.29, 0.717) is 0 Å². The maximum atomic E-state index is 6.55. The Morgan fingerprint density at radius 1 is 1.21 bits per heavy atom. The van der Waals surface area contributed by atoms with Gasteiger partial charge in [-0.05, 0) is 30.5 Å². The average molecular weight is 274 g/mol. The van der Waals surface area contributed by atoms with E-state index in [2.05, 4.69) is 39.0 Å². The van der Waals surface area contributed by atoms with Gasteiger partial charge < -0.3 is 5.73 Å². The predicted octanol–water partition coefficient (Wildman–Crippen LogP) is 4.32. The van der Waals surface area contributed by atoms with Crippen LogP contribution in [0.1, 0.15) is 57.0 Å². The summed E-state index contributed by atoms with van der Waals surface area (Å²) < 4.78 is 1.28. The number of fused-ring (bicyclic) bond motifs is 1. The summed E-state index contributed by atoms with van der Waals surface area (Å²) >= 11 is 1.81. The molecule has 1 heterocycles. The van der Waals surface area contributed by atoms with Crippen LogP contribution in [-0.2, 0) is 11.0 Å². The molecule has 2 N–H and O–H groups in total. The summed E-state index contributed by atoms with van der Waals surface area (Å²) in [6.07, 6.45) is 4.74. The Balaban J connectivity index is 2.06. The van der Waals surface area contributed by atoms with Gasteiger partial charge in [0.05, 0.1) is 15.2 Å². The molecule has 3 rings (SSSR count). The molecule has 1 aliphatic rings. The summed E-state index contributed by atoms with van der Waals surface area (Å²) in [7, 11) is 0. The third kappa shape index (κ3) is 2.30. The largest absolute Gasteiger partial charge is 0.321 e. The highest BCUT2D eigenvalue weighted by molar-refractivity contribution is 7.18. The lowest BCUT2D eigenvalue weighted by atomic mass is 9.89. The molecule has 1 aromatic carbocycles. The van der Waals surface area contributed by atoms with Gasteiger partial charge >= 0.3 is 0 Å². The van der Waals surface area contributed by atoms with E-state index in [4.69, 9.17) is 10.7 Å². The molecule has 3 heteroatoms. The highest BCUT2D eigenvalue weighted by Crippen LogP contribution is 2.39. The molecule has 0 unspecified atom stereocenters. The molecule has 2 aromatic rings. The monoisotopic (exact) mass is 274 g/mol. The first-order valence-corrected chi connectivity index (χ1v) is 7.91. The summed E-state index contributed by atoms with van der Waals surface area (Å²) in [5.74, 6) is 0. The Kier molecular flexibility index (Phi) is 2.95. The van der Waals surface area contributed by atoms with Gasteiger partial charge in [0.25, 0.3) is 0 Å². The van der Waals surface area contributed by atoms with Crippen LogP contribution in [0.3, 0.4) is 0 Å². The second kappa shape index (κ2) is 4.29. The standard InChI is InChI=1S/C16H22N2S/c1-15(2,3)14-18-12-7-6-11(10-13(12)19-14)16(17)8-4-5-9-16/h6-7,10H,4-5,8-9,17H2,1-3H3. The molecule has 1 fully saturated rings. The van der Waals surface area contributed by atoms with E-state index < -0.39 is 0 Å². The van der Waals surface area contributed by atoms with Crippen molar-refractivity contribution < 1.29 is 0 Å². The molecular formula is C16H22N2S. The first-order valence-electron chi connectivity index (χ1n) is 7.09. The fourth-order valence-corrected chi connectivity index (χ4v) is 3.91. The average Bonchev–Trinajstić information content (AvgIpc) is 2.93. The molecule has 102 valence electrons. The topological polar surface area (TPSA) is 38.9 Å². The van der Waals surface area contributed by atoms with Crippen LogP contribution in [0.15, 0.2) is 18.2 Å². The van der Waals surface area contributed by atoms with Gasteiger partial charge in [-0.2, -0.15) is 0 Å². The normalized spacial score (nSPS) is 19.2. The predicted molar refractivity (Wildman–Crippen MR) is 82.7 cm³/mol. The Labute approximate surface area is 119 Å². The van der Waals surface area contributed by atoms with Crippen LogP contribution in [0.4, 0.5) is 0 Å². The third-order valence-corrected chi connectivity index (χ3v) is 5.54. The van der Waals surface area contributed by atoms with Crippen LogP contribution in [0, 0.1) is 0 Å². The second-order valence-corrected chi connectivity index (χ2v) is 7.85. The van der Waals surface area contributed by atoms with Gasteiger partial charge in [-0.15, -0.1) is 11.3 Å². The molecule has 0 aliphatic heterocycles. The smallest absolute Gasteiger partial charge is 0.0992 e. The van der Waals surface area contributed by atoms with Crippen molar-refractivity contribution in [1.82, 2.24) is 4.98 Å². The van der Waals surface area contributed by atoms with E-state index >= 15 is 0 Å². The summed E-state index contributed by atoms with van der Waals surface area (Å²) in [6, 6.07) is 6.59. The number of rotatable bonds is 1. The van der Waals surface area contributed by atoms with E-state index in [9.17, 15) is 0 Å². The Hall–Kier alpha value is -0.930. The van der Waals surface area contributed by atoms with Gasteiger partial charge in [0.1, 0.15) is 0 Å². The second-order valence-electron chi connectivity index (χ2n) is 6.81. The van der Waals surface area contributed by atoms with Gasteiger partial charge in [-0.3, -0.25) is 0 Å². The molecule has 1 aromatic heterocycles. The van der Waals surface area contributed by atoms with Crippen molar-refractivity contribution >= 4 is 21.6 Å². The fourth-order valence-electron chi connectivity index (χ4n) is 2.85. The van der Waals surface area contributed by atoms with E-state index in [1.165, 1.54) is 28.1 Å². The third-order valence-electron chi connectivity index (χ3n) is 4.10. The van der Waals surface area contributed by atoms with Gasteiger partial charge in [0, 0.05) is 11.0 Å². The van der Waals surface area contributed by atoms with E-state index in [1.54, 1.807) is 0 Å². The molecule has 1 aliphatic carbocycles. The van der Waals surface area contributed by atoms with Gasteiger partial charge in [-0.25, -0.2) is 4.98 Å². The maximum Gasteiger partial charge on any atom is 0.0992 e. The SMILES string of the molecule is CC(C)(C)c1nc2ccc(C3(N)CCCC3)cc2s1. The Bertz CT molecular complexity index is 601. The van der Waals surface area contributed by atoms with Crippen molar-refractivity contribution in [2.75, 3.05) is 0 Å². The van der Waals surface area contributed by atoms with Crippen molar-refractivity contribution in [2.24, 2.45) is 5.73 Å². The van der Waals surface area contributed by atoms with Gasteiger partial charge in [-0.1, -0.05) is 39.7 Å². The van der Waals surface area contributed by atoms with Crippen LogP contribution < -0.4 is 5.73 Å². The maximum absolute atomic E-state index is 6.55. The minimum atomic E-state index is -0.0971. The van der Waals surface area contributed by atoms with E-state index in [-0.39, 0.29) is 11.0 Å². The molecule has 0 atom stereocenters. The van der Waals surface area contributed by atoms with E-state index in [0.717, 1.165) is 18.4 Å². The van der Waals surface area contributed by atoms with Crippen molar-refractivity contribution in [2.45, 2.75) is 57.4 Å². The lowest BCUT2D eigenvalue weighted by Crippen LogP contribution is -2.32. The Morgan fingerprint density at radius 2 is 1.89 bits per heavy atom. The number of aromatic nitrogens is 1. The fraction of sp³-hybridized carbons (Fsp3) is 0.562. The number of hydrogen-bond donors (Lipinski definition) is 1. The van der Waals surface area contributed by atoms with Crippen LogP contribution >= 0.6 is 11.3 Å². The number of benzene rings is 1. The minimum absolute atomic E-state index is 0.0971. The molecule has 0 amide bonds. The molecule has 1 saturated carbocycles. The minimum Gasteiger partial charge on any atom is -0.321 e. The summed E-state index contributed by atoms with van der Waals surface area (Å²) in [5, 5.41) is 1.21. The van der Waals surface area contributed by atoms with E-state index in [1.807, 2.05) is 11.3 Å². The molecule has 0 spiro atoms. The highest BCUT2D eigenvalue weighted by Gasteiger charge is 2.31. The van der Waals surface area contributed by atoms with Crippen LogP contribution in [0.5, 0.6) is 0 Å². The summed E-state index contributed by atoms with van der Waals surface area (Å²) in [4.78, 5) is 4.75. The van der Waals surface area contributed by atoms with Crippen LogP contribution in [-0.4, -0.2) is 4.98 Å². The molecule has 0 bridgehead atoms. The molecule has 0 radical (unpaired) electrons. The number of nitrogens with two attached hydrogens (primary N) is 1. The first kappa shape index (κ1) is 13.1. The molecule has 0 saturated heterocycles. The van der Waals surface area contributed by atoms with Crippen molar-refractivity contribution in [3.05, 3.63) is 28.8 Å². The zero-order valence-electron chi connectivity index (χ0n) is 12.0. The molecule has 2 nitrogen and oxygen atoms in total. The Morgan fingerprint density at radius 3 is 2.53 bits per heavy atom. The number of thiazole rings is 1. The van der Waals surface area contributed by atoms with Gasteiger partial charge in [0.15, 0.2) is 0 Å². The van der Waals surface area contributed by atoms with Crippen LogP contribution in [0.25, 0.3) is 10.2 Å². The number of nitrogens with zero attached hydrogens (tertiary/aromatic N) is 1. The number of hydrogen-bond acceptors (Lipinski definition) is 3. The van der Waals surface area contributed by atoms with Crippen molar-refractivity contribution in [3.63, 3.8) is 0 Å². The van der Waals surface area contributed by atoms with Crippen LogP contribution in [0.2, 0.25) is 0 Å². The van der Waals surface area contributed by atoms with Gasteiger partial charge in [0.2, 0.25) is 0 Å². The zero-order valence-corrected chi connectivity index (χ0v) is 12.8. The summed E-state index contributed by atoms with van der Waals surface area (Å²) in [5.41, 5.74) is 8.98. The zero-order chi connectivity index (χ0) is 13.7. The molecule has 19 heavy (non-hydrogen) atoms. The lowest BCUT2D eigenvalue weighted by Gasteiger charge is -2.24. The van der Waals surface area contributed by atoms with Crippen molar-refractivity contribution in [3.8, 4) is 0 Å². The molecular weight excluding hydrogens is 252 g/mol. The van der Waals surface area contributed by atoms with Crippen molar-refractivity contribution in [1.29, 1.82) is 0 Å². The quantitative estimate of drug-likeness (QED) is 0.841. The lowest BCUT2D eigenvalue weighted by molar-refractivity contribution is 0.462. The highest BCUT2D eigenvalue weighted by atomic mass is 32.1. The summed E-state index contributed by atoms with van der Waals surface area (Å²) in [6.45, 7) is 6.65. The first-order chi connectivity index (χ1) is 8.88.